The van der Waals surface area contributed by atoms with Crippen LogP contribution in [0.1, 0.15) is 25.7 Å². The Morgan fingerprint density at radius 3 is 2.43 bits per heavy atom. The highest BCUT2D eigenvalue weighted by Crippen LogP contribution is 1.98. The Hall–Kier alpha value is -0.595. The van der Waals surface area contributed by atoms with Gasteiger partial charge in [-0.1, -0.05) is 6.42 Å². The Bertz CT molecular complexity index is 267. The first-order valence-electron chi connectivity index (χ1n) is 4.22. The molecular formula is C6H14BN3O3S. The van der Waals surface area contributed by atoms with Gasteiger partial charge < -0.3 is 5.23 Å². The van der Waals surface area contributed by atoms with E-state index in [0.717, 1.165) is 6.42 Å². The molecule has 0 aromatic carbocycles. The van der Waals surface area contributed by atoms with Crippen molar-refractivity contribution in [2.75, 3.05) is 6.54 Å². The van der Waals surface area contributed by atoms with E-state index in [-0.39, 0.29) is 5.91 Å². The summed E-state index contributed by atoms with van der Waals surface area (Å²) in [6.07, 6.45) is 2.42. The van der Waals surface area contributed by atoms with Gasteiger partial charge in [0.05, 0.1) is 0 Å². The Morgan fingerprint density at radius 1 is 1.29 bits per heavy atom. The maximum atomic E-state index is 10.6. The van der Waals surface area contributed by atoms with Gasteiger partial charge in [0, 0.05) is 13.0 Å². The summed E-state index contributed by atoms with van der Waals surface area (Å²) < 4.78 is 23.0. The summed E-state index contributed by atoms with van der Waals surface area (Å²) in [6, 6.07) is 0. The maximum absolute atomic E-state index is 10.6. The molecule has 2 radical (unpaired) electrons. The molecule has 0 atom stereocenters. The lowest BCUT2D eigenvalue weighted by Crippen LogP contribution is -2.31. The fourth-order valence-electron chi connectivity index (χ4n) is 0.874. The summed E-state index contributed by atoms with van der Waals surface area (Å²) in [4.78, 5) is 10.6. The normalized spacial score (nSPS) is 11.2. The van der Waals surface area contributed by atoms with Crippen LogP contribution in [0.3, 0.4) is 0 Å². The first kappa shape index (κ1) is 13.4. The summed E-state index contributed by atoms with van der Waals surface area (Å²) in [5, 5.41) is 6.71. The Kier molecular flexibility index (Phi) is 6.51. The van der Waals surface area contributed by atoms with Crippen LogP contribution >= 0.6 is 0 Å². The Balaban J connectivity index is 3.27. The summed E-state index contributed by atoms with van der Waals surface area (Å²) >= 11 is 0. The van der Waals surface area contributed by atoms with Crippen molar-refractivity contribution in [1.82, 2.24) is 9.95 Å². The first-order chi connectivity index (χ1) is 6.45. The van der Waals surface area contributed by atoms with Crippen molar-refractivity contribution in [2.24, 2.45) is 5.14 Å². The minimum atomic E-state index is -3.58. The highest BCUT2D eigenvalue weighted by molar-refractivity contribution is 7.87. The van der Waals surface area contributed by atoms with Crippen LogP contribution in [0.2, 0.25) is 0 Å². The molecule has 0 unspecified atom stereocenters. The molecule has 0 saturated carbocycles. The number of carbonyl (C=O) groups is 1. The Morgan fingerprint density at radius 2 is 1.93 bits per heavy atom. The van der Waals surface area contributed by atoms with Crippen LogP contribution in [-0.2, 0) is 15.0 Å². The predicted molar refractivity (Wildman–Crippen MR) is 53.5 cm³/mol. The van der Waals surface area contributed by atoms with Crippen LogP contribution < -0.4 is 15.1 Å². The largest absolute Gasteiger partial charge is 0.409 e. The lowest BCUT2D eigenvalue weighted by Gasteiger charge is -2.01. The first-order valence-corrected chi connectivity index (χ1v) is 5.77. The van der Waals surface area contributed by atoms with Gasteiger partial charge in [-0.3, -0.25) is 4.79 Å². The van der Waals surface area contributed by atoms with E-state index in [2.05, 4.69) is 4.72 Å². The minimum Gasteiger partial charge on any atom is -0.409 e. The van der Waals surface area contributed by atoms with E-state index in [1.54, 1.807) is 0 Å². The number of hydrogen-bond acceptors (Lipinski definition) is 3. The highest BCUT2D eigenvalue weighted by atomic mass is 32.2. The Labute approximate surface area is 85.2 Å². The highest BCUT2D eigenvalue weighted by Gasteiger charge is 2.00. The summed E-state index contributed by atoms with van der Waals surface area (Å²) in [5.41, 5.74) is 0. The quantitative estimate of drug-likeness (QED) is 0.360. The van der Waals surface area contributed by atoms with Crippen LogP contribution in [-0.4, -0.2) is 28.9 Å². The second-order valence-electron chi connectivity index (χ2n) is 2.82. The third-order valence-corrected chi connectivity index (χ3v) is 2.15. The lowest BCUT2D eigenvalue weighted by molar-refractivity contribution is -0.119. The molecule has 4 N–H and O–H groups in total. The van der Waals surface area contributed by atoms with Crippen LogP contribution in [0.15, 0.2) is 0 Å². The van der Waals surface area contributed by atoms with E-state index in [9.17, 15) is 13.2 Å². The molecule has 0 aliphatic rings. The van der Waals surface area contributed by atoms with Crippen molar-refractivity contribution < 1.29 is 13.2 Å². The number of carbonyl (C=O) groups excluding carboxylic acids is 1. The number of hydrogen-bond donors (Lipinski definition) is 3. The standard InChI is InChI=1S/C6H14BN3O3S/c7-10-6(11)4-2-1-3-5-9-14(8,12)13/h9H,1-5H2,(H,10,11)(H2,8,12,13). The third kappa shape index (κ3) is 9.49. The van der Waals surface area contributed by atoms with E-state index >= 15 is 0 Å². The SMILES string of the molecule is [B]NC(=O)CCCCCNS(N)(=O)=O. The molecule has 0 aromatic rings. The van der Waals surface area contributed by atoms with Gasteiger partial charge in [0.2, 0.25) is 13.9 Å². The van der Waals surface area contributed by atoms with Crippen molar-refractivity contribution in [3.05, 3.63) is 0 Å². The van der Waals surface area contributed by atoms with Gasteiger partial charge in [0.15, 0.2) is 0 Å². The topological polar surface area (TPSA) is 101 Å². The minimum absolute atomic E-state index is 0.218. The van der Waals surface area contributed by atoms with E-state index in [1.165, 1.54) is 0 Å². The van der Waals surface area contributed by atoms with Crippen molar-refractivity contribution in [3.8, 4) is 0 Å². The monoisotopic (exact) mass is 219 g/mol. The van der Waals surface area contributed by atoms with Gasteiger partial charge in [-0.15, -0.1) is 0 Å². The molecule has 0 bridgehead atoms. The van der Waals surface area contributed by atoms with Crippen molar-refractivity contribution in [2.45, 2.75) is 25.7 Å². The molecule has 0 aliphatic carbocycles. The molecule has 0 aliphatic heterocycles. The van der Waals surface area contributed by atoms with Gasteiger partial charge in [-0.25, -0.2) is 9.86 Å². The van der Waals surface area contributed by atoms with Gasteiger partial charge >= 0.3 is 0 Å². The lowest BCUT2D eigenvalue weighted by atomic mass is 10.2. The molecule has 6 nitrogen and oxygen atoms in total. The van der Waals surface area contributed by atoms with Gasteiger partial charge in [-0.2, -0.15) is 8.42 Å². The molecule has 14 heavy (non-hydrogen) atoms. The molecule has 1 amide bonds. The summed E-state index contributed by atoms with van der Waals surface area (Å²) in [5.74, 6) is -0.218. The summed E-state index contributed by atoms with van der Waals surface area (Å²) in [7, 11) is 1.28. The number of nitrogens with two attached hydrogens (primary N) is 1. The number of amides is 1. The number of nitrogens with one attached hydrogen (secondary N) is 2. The van der Waals surface area contributed by atoms with E-state index in [1.807, 2.05) is 5.23 Å². The van der Waals surface area contributed by atoms with E-state index in [0.29, 0.717) is 25.8 Å². The molecule has 0 spiro atoms. The second kappa shape index (κ2) is 6.80. The molecule has 0 saturated heterocycles. The second-order valence-corrected chi connectivity index (χ2v) is 4.20. The molecule has 0 fully saturated rings. The van der Waals surface area contributed by atoms with Crippen LogP contribution in [0.5, 0.6) is 0 Å². The maximum Gasteiger partial charge on any atom is 0.274 e. The third-order valence-electron chi connectivity index (χ3n) is 1.54. The van der Waals surface area contributed by atoms with E-state index < -0.39 is 10.2 Å². The fourth-order valence-corrected chi connectivity index (χ4v) is 1.30. The smallest absolute Gasteiger partial charge is 0.274 e. The molecule has 0 rings (SSSR count). The van der Waals surface area contributed by atoms with Crippen molar-refractivity contribution in [1.29, 1.82) is 0 Å². The van der Waals surface area contributed by atoms with Crippen molar-refractivity contribution in [3.63, 3.8) is 0 Å². The van der Waals surface area contributed by atoms with Crippen LogP contribution in [0.4, 0.5) is 0 Å². The fraction of sp³-hybridized carbons (Fsp3) is 0.833. The zero-order valence-electron chi connectivity index (χ0n) is 7.82. The average molecular weight is 219 g/mol. The van der Waals surface area contributed by atoms with Crippen molar-refractivity contribution >= 4 is 24.1 Å². The predicted octanol–water partition coefficient (Wildman–Crippen LogP) is -1.46. The molecule has 0 aromatic heterocycles. The number of rotatable bonds is 7. The van der Waals surface area contributed by atoms with E-state index in [4.69, 9.17) is 13.1 Å². The zero-order valence-corrected chi connectivity index (χ0v) is 8.64. The van der Waals surface area contributed by atoms with Crippen LogP contribution in [0.25, 0.3) is 0 Å². The molecule has 0 heterocycles. The average Bonchev–Trinajstić information content (AvgIpc) is 2.08. The molecular weight excluding hydrogens is 205 g/mol. The molecule has 8 heteroatoms. The number of unbranched alkanes of at least 4 members (excludes halogenated alkanes) is 2. The van der Waals surface area contributed by atoms with Gasteiger partial charge in [0.1, 0.15) is 0 Å². The summed E-state index contributed by atoms with van der Waals surface area (Å²) in [6.45, 7) is 0.295. The zero-order chi connectivity index (χ0) is 11.0. The van der Waals surface area contributed by atoms with Gasteiger partial charge in [0.25, 0.3) is 10.2 Å². The van der Waals surface area contributed by atoms with Crippen LogP contribution in [0, 0.1) is 0 Å². The van der Waals surface area contributed by atoms with Gasteiger partial charge in [-0.05, 0) is 12.8 Å². The molecule has 80 valence electrons.